The Morgan fingerprint density at radius 3 is 3.26 bits per heavy atom. The number of hydrogen-bond acceptors (Lipinski definition) is 4. The fourth-order valence-corrected chi connectivity index (χ4v) is 3.37. The number of aliphatic imine (C=N–C) groups is 1. The Bertz CT molecular complexity index is 432. The van der Waals surface area contributed by atoms with Crippen molar-refractivity contribution >= 4 is 17.3 Å². The van der Waals surface area contributed by atoms with Crippen LogP contribution >= 0.6 is 11.3 Å². The van der Waals surface area contributed by atoms with Crippen molar-refractivity contribution in [1.29, 1.82) is 0 Å². The van der Waals surface area contributed by atoms with Crippen LogP contribution in [-0.2, 0) is 11.2 Å². The van der Waals surface area contributed by atoms with Crippen molar-refractivity contribution in [1.82, 2.24) is 10.3 Å². The van der Waals surface area contributed by atoms with Crippen LogP contribution in [0.25, 0.3) is 0 Å². The lowest BCUT2D eigenvalue weighted by Crippen LogP contribution is -2.48. The first-order valence-corrected chi connectivity index (χ1v) is 7.48. The predicted molar refractivity (Wildman–Crippen MR) is 79.3 cm³/mol. The number of nitrogens with zero attached hydrogens (tertiary/aromatic N) is 2. The number of nitrogens with two attached hydrogens (primary N) is 1. The number of nitrogens with one attached hydrogen (secondary N) is 1. The van der Waals surface area contributed by atoms with Crippen LogP contribution in [0.3, 0.4) is 0 Å². The molecular weight excluding hydrogens is 260 g/mol. The van der Waals surface area contributed by atoms with E-state index in [2.05, 4.69) is 33.7 Å². The largest absolute Gasteiger partial charge is 0.385 e. The lowest BCUT2D eigenvalue weighted by Gasteiger charge is -2.35. The Morgan fingerprint density at radius 1 is 1.68 bits per heavy atom. The van der Waals surface area contributed by atoms with Crippen molar-refractivity contribution < 1.29 is 4.74 Å². The van der Waals surface area contributed by atoms with Crippen molar-refractivity contribution in [3.63, 3.8) is 0 Å². The van der Waals surface area contributed by atoms with Gasteiger partial charge in [-0.25, -0.2) is 5.84 Å². The molecule has 1 aromatic rings. The third-order valence-corrected chi connectivity index (χ3v) is 4.44. The van der Waals surface area contributed by atoms with Gasteiger partial charge in [0.25, 0.3) is 0 Å². The Kier molecular flexibility index (Phi) is 5.18. The van der Waals surface area contributed by atoms with Gasteiger partial charge in [-0.3, -0.25) is 10.4 Å². The molecular formula is C13H22N4OS. The molecule has 5 nitrogen and oxygen atoms in total. The minimum Gasteiger partial charge on any atom is -0.385 e. The van der Waals surface area contributed by atoms with Gasteiger partial charge in [0.2, 0.25) is 5.96 Å². The average Bonchev–Trinajstić information content (AvgIpc) is 2.90. The van der Waals surface area contributed by atoms with Gasteiger partial charge in [0.05, 0.1) is 6.04 Å². The first-order chi connectivity index (χ1) is 9.27. The number of hydrazine groups is 1. The molecule has 0 spiro atoms. The highest BCUT2D eigenvalue weighted by molar-refractivity contribution is 7.10. The van der Waals surface area contributed by atoms with E-state index in [1.807, 2.05) is 11.3 Å². The van der Waals surface area contributed by atoms with Gasteiger partial charge in [-0.05, 0) is 36.8 Å². The molecule has 1 aliphatic rings. The summed E-state index contributed by atoms with van der Waals surface area (Å²) >= 11 is 1.84. The molecule has 0 aromatic carbocycles. The highest BCUT2D eigenvalue weighted by Gasteiger charge is 2.26. The van der Waals surface area contributed by atoms with E-state index in [1.165, 1.54) is 10.4 Å². The summed E-state index contributed by atoms with van der Waals surface area (Å²) in [6.07, 6.45) is 1.98. The number of methoxy groups -OCH3 is 1. The van der Waals surface area contributed by atoms with E-state index in [0.29, 0.717) is 6.04 Å². The highest BCUT2D eigenvalue weighted by Crippen LogP contribution is 2.32. The van der Waals surface area contributed by atoms with Gasteiger partial charge in [0.15, 0.2) is 0 Å². The van der Waals surface area contributed by atoms with E-state index in [0.717, 1.165) is 38.5 Å². The van der Waals surface area contributed by atoms with Crippen LogP contribution in [0.2, 0.25) is 0 Å². The van der Waals surface area contributed by atoms with E-state index in [-0.39, 0.29) is 0 Å². The quantitative estimate of drug-likeness (QED) is 0.289. The van der Waals surface area contributed by atoms with Gasteiger partial charge >= 0.3 is 0 Å². The normalized spacial score (nSPS) is 19.4. The smallest absolute Gasteiger partial charge is 0.208 e. The zero-order chi connectivity index (χ0) is 13.7. The monoisotopic (exact) mass is 282 g/mol. The standard InChI is InChI=1S/C13H22N4OS/c1-10-11-5-9-19-12(11)4-7-17(10)13(16-14)15-6-3-8-18-2/h5,9-10H,3-4,6-8,14H2,1-2H3,(H,15,16). The molecule has 1 aromatic heterocycles. The third-order valence-electron chi connectivity index (χ3n) is 3.45. The van der Waals surface area contributed by atoms with Crippen molar-refractivity contribution in [3.8, 4) is 0 Å². The second-order valence-corrected chi connectivity index (χ2v) is 5.62. The van der Waals surface area contributed by atoms with Gasteiger partial charge < -0.3 is 9.64 Å². The van der Waals surface area contributed by atoms with E-state index in [9.17, 15) is 0 Å². The molecule has 106 valence electrons. The fourth-order valence-electron chi connectivity index (χ4n) is 2.41. The third kappa shape index (κ3) is 3.26. The van der Waals surface area contributed by atoms with Crippen LogP contribution in [0, 0.1) is 0 Å². The summed E-state index contributed by atoms with van der Waals surface area (Å²) in [4.78, 5) is 8.26. The Labute approximate surface area is 118 Å². The molecule has 0 aliphatic carbocycles. The maximum absolute atomic E-state index is 5.62. The summed E-state index contributed by atoms with van der Waals surface area (Å²) in [7, 11) is 1.70. The summed E-state index contributed by atoms with van der Waals surface area (Å²) in [5.41, 5.74) is 4.14. The second-order valence-electron chi connectivity index (χ2n) is 4.61. The first-order valence-electron chi connectivity index (χ1n) is 6.60. The second kappa shape index (κ2) is 6.88. The summed E-state index contributed by atoms with van der Waals surface area (Å²) < 4.78 is 5.03. The van der Waals surface area contributed by atoms with Crippen LogP contribution in [-0.4, -0.2) is 37.7 Å². The molecule has 0 saturated carbocycles. The molecule has 2 rings (SSSR count). The maximum Gasteiger partial charge on any atom is 0.208 e. The van der Waals surface area contributed by atoms with E-state index < -0.39 is 0 Å². The molecule has 0 bridgehead atoms. The lowest BCUT2D eigenvalue weighted by atomic mass is 10.0. The Hall–Kier alpha value is -1.11. The first kappa shape index (κ1) is 14.3. The average molecular weight is 282 g/mol. The summed E-state index contributed by atoms with van der Waals surface area (Å²) in [5, 5.41) is 2.16. The van der Waals surface area contributed by atoms with E-state index in [1.54, 1.807) is 7.11 Å². The zero-order valence-electron chi connectivity index (χ0n) is 11.6. The number of rotatable bonds is 4. The Balaban J connectivity index is 2.03. The van der Waals surface area contributed by atoms with E-state index >= 15 is 0 Å². The van der Waals surface area contributed by atoms with Gasteiger partial charge in [0, 0.05) is 31.7 Å². The van der Waals surface area contributed by atoms with Crippen LogP contribution in [0.4, 0.5) is 0 Å². The number of fused-ring (bicyclic) bond motifs is 1. The fraction of sp³-hybridized carbons (Fsp3) is 0.615. The number of guanidine groups is 1. The molecule has 0 saturated heterocycles. The van der Waals surface area contributed by atoms with Crippen LogP contribution in [0.1, 0.15) is 29.8 Å². The molecule has 2 heterocycles. The molecule has 1 unspecified atom stereocenters. The van der Waals surface area contributed by atoms with Gasteiger partial charge in [-0.2, -0.15) is 0 Å². The molecule has 1 atom stereocenters. The van der Waals surface area contributed by atoms with E-state index in [4.69, 9.17) is 10.6 Å². The molecule has 19 heavy (non-hydrogen) atoms. The number of ether oxygens (including phenoxy) is 1. The molecule has 0 amide bonds. The summed E-state index contributed by atoms with van der Waals surface area (Å²) in [6.45, 7) is 4.62. The predicted octanol–water partition coefficient (Wildman–Crippen LogP) is 1.52. The minimum atomic E-state index is 0.326. The van der Waals surface area contributed by atoms with Gasteiger partial charge in [-0.1, -0.05) is 0 Å². The minimum absolute atomic E-state index is 0.326. The van der Waals surface area contributed by atoms with Crippen molar-refractivity contribution in [2.75, 3.05) is 26.8 Å². The van der Waals surface area contributed by atoms with Crippen LogP contribution in [0.5, 0.6) is 0 Å². The lowest BCUT2D eigenvalue weighted by molar-refractivity contribution is 0.196. The molecule has 0 radical (unpaired) electrons. The zero-order valence-corrected chi connectivity index (χ0v) is 12.4. The molecule has 6 heteroatoms. The van der Waals surface area contributed by atoms with Gasteiger partial charge in [-0.15, -0.1) is 11.3 Å². The number of thiophene rings is 1. The summed E-state index contributed by atoms with van der Waals surface area (Å²) in [6, 6.07) is 2.53. The van der Waals surface area contributed by atoms with Crippen molar-refractivity contribution in [2.24, 2.45) is 10.8 Å². The van der Waals surface area contributed by atoms with Gasteiger partial charge in [0.1, 0.15) is 0 Å². The highest BCUT2D eigenvalue weighted by atomic mass is 32.1. The van der Waals surface area contributed by atoms with Crippen molar-refractivity contribution in [3.05, 3.63) is 21.9 Å². The Morgan fingerprint density at radius 2 is 2.53 bits per heavy atom. The molecule has 1 aliphatic heterocycles. The van der Waals surface area contributed by atoms with Crippen LogP contribution < -0.4 is 11.3 Å². The molecule has 0 fully saturated rings. The van der Waals surface area contributed by atoms with Crippen LogP contribution in [0.15, 0.2) is 16.4 Å². The maximum atomic E-state index is 5.62. The summed E-state index contributed by atoms with van der Waals surface area (Å²) in [5.74, 6) is 6.40. The SMILES string of the molecule is COCCCN=C(NN)N1CCc2sccc2C1C. The molecule has 3 N–H and O–H groups in total. The number of hydrogen-bond donors (Lipinski definition) is 2. The topological polar surface area (TPSA) is 62.9 Å². The van der Waals surface area contributed by atoms with Crippen molar-refractivity contribution in [2.45, 2.75) is 25.8 Å².